The fourth-order valence-electron chi connectivity index (χ4n) is 1.95. The van der Waals surface area contributed by atoms with Crippen LogP contribution in [0.2, 0.25) is 0 Å². The summed E-state index contributed by atoms with van der Waals surface area (Å²) in [6.07, 6.45) is 8.24. The molecule has 4 nitrogen and oxygen atoms in total. The summed E-state index contributed by atoms with van der Waals surface area (Å²) >= 11 is 1.67. The zero-order valence-electron chi connectivity index (χ0n) is 11.7. The van der Waals surface area contributed by atoms with Gasteiger partial charge in [-0.05, 0) is 41.3 Å². The summed E-state index contributed by atoms with van der Waals surface area (Å²) in [5, 5.41) is 4.86. The van der Waals surface area contributed by atoms with Gasteiger partial charge >= 0.3 is 0 Å². The van der Waals surface area contributed by atoms with Crippen LogP contribution in [0.4, 0.5) is 0 Å². The average Bonchev–Trinajstić information content (AvgIpc) is 3.24. The van der Waals surface area contributed by atoms with E-state index in [4.69, 9.17) is 4.42 Å². The number of pyridine rings is 1. The number of nitrogens with one attached hydrogen (secondary N) is 1. The van der Waals surface area contributed by atoms with Crippen molar-refractivity contribution in [1.82, 2.24) is 10.3 Å². The van der Waals surface area contributed by atoms with Crippen molar-refractivity contribution in [2.75, 3.05) is 0 Å². The number of carbonyl (C=O) groups is 1. The van der Waals surface area contributed by atoms with E-state index in [-0.39, 0.29) is 5.91 Å². The number of thiophene rings is 1. The van der Waals surface area contributed by atoms with Gasteiger partial charge in [-0.15, -0.1) is 11.3 Å². The van der Waals surface area contributed by atoms with Gasteiger partial charge < -0.3 is 9.73 Å². The van der Waals surface area contributed by atoms with Gasteiger partial charge in [0.1, 0.15) is 5.76 Å². The molecule has 0 aliphatic rings. The fraction of sp³-hybridized carbons (Fsp3) is 0.0588. The number of rotatable bonds is 5. The summed E-state index contributed by atoms with van der Waals surface area (Å²) in [6.45, 7) is 0.438. The first kappa shape index (κ1) is 14.3. The number of hydrogen-bond donors (Lipinski definition) is 1. The van der Waals surface area contributed by atoms with Gasteiger partial charge in [0.2, 0.25) is 5.91 Å². The van der Waals surface area contributed by atoms with E-state index >= 15 is 0 Å². The lowest BCUT2D eigenvalue weighted by atomic mass is 10.2. The van der Waals surface area contributed by atoms with Crippen LogP contribution < -0.4 is 5.32 Å². The van der Waals surface area contributed by atoms with Crippen LogP contribution in [0.15, 0.2) is 64.9 Å². The van der Waals surface area contributed by atoms with E-state index < -0.39 is 0 Å². The quantitative estimate of drug-likeness (QED) is 0.731. The Labute approximate surface area is 132 Å². The normalized spacial score (nSPS) is 10.9. The van der Waals surface area contributed by atoms with Crippen LogP contribution in [0.25, 0.3) is 16.5 Å². The number of nitrogens with zero attached hydrogens (tertiary/aromatic N) is 1. The van der Waals surface area contributed by atoms with E-state index in [9.17, 15) is 4.79 Å². The minimum Gasteiger partial charge on any atom is -0.465 e. The molecule has 0 fully saturated rings. The zero-order chi connectivity index (χ0) is 15.2. The molecule has 0 unspecified atom stereocenters. The monoisotopic (exact) mass is 310 g/mol. The number of furan rings is 1. The van der Waals surface area contributed by atoms with Crippen molar-refractivity contribution in [3.8, 4) is 10.4 Å². The third kappa shape index (κ3) is 3.71. The van der Waals surface area contributed by atoms with Crippen molar-refractivity contribution in [3.05, 3.63) is 71.8 Å². The van der Waals surface area contributed by atoms with Gasteiger partial charge in [-0.25, -0.2) is 0 Å². The summed E-state index contributed by atoms with van der Waals surface area (Å²) < 4.78 is 5.13. The van der Waals surface area contributed by atoms with Crippen molar-refractivity contribution >= 4 is 23.3 Å². The molecule has 3 heterocycles. The van der Waals surface area contributed by atoms with Gasteiger partial charge in [-0.3, -0.25) is 9.78 Å². The van der Waals surface area contributed by atoms with Crippen LogP contribution >= 0.6 is 11.3 Å². The third-order valence-corrected chi connectivity index (χ3v) is 3.93. The highest BCUT2D eigenvalue weighted by molar-refractivity contribution is 7.13. The van der Waals surface area contributed by atoms with Crippen LogP contribution in [0.1, 0.15) is 11.3 Å². The second-order valence-electron chi connectivity index (χ2n) is 4.63. The summed E-state index contributed by atoms with van der Waals surface area (Å²) in [5.41, 5.74) is 2.03. The maximum absolute atomic E-state index is 11.8. The largest absolute Gasteiger partial charge is 0.465 e. The minimum atomic E-state index is -0.169. The van der Waals surface area contributed by atoms with E-state index in [1.165, 1.54) is 11.0 Å². The molecule has 1 amide bonds. The first-order chi connectivity index (χ1) is 10.8. The Balaban J connectivity index is 1.59. The molecule has 0 saturated heterocycles. The van der Waals surface area contributed by atoms with Gasteiger partial charge in [0.25, 0.3) is 0 Å². The molecule has 22 heavy (non-hydrogen) atoms. The number of carbonyl (C=O) groups excluding carboxylic acids is 1. The average molecular weight is 310 g/mol. The van der Waals surface area contributed by atoms with E-state index in [2.05, 4.69) is 16.4 Å². The Morgan fingerprint density at radius 2 is 2.27 bits per heavy atom. The molecule has 0 aliphatic carbocycles. The molecule has 3 aromatic rings. The lowest BCUT2D eigenvalue weighted by Crippen LogP contribution is -2.20. The maximum Gasteiger partial charge on any atom is 0.244 e. The minimum absolute atomic E-state index is 0.169. The fourth-order valence-corrected chi connectivity index (χ4v) is 2.66. The summed E-state index contributed by atoms with van der Waals surface area (Å²) in [6, 6.07) is 9.66. The summed E-state index contributed by atoms with van der Waals surface area (Å²) in [4.78, 5) is 17.2. The van der Waals surface area contributed by atoms with E-state index in [1.807, 2.05) is 23.7 Å². The lowest BCUT2D eigenvalue weighted by Gasteiger charge is -2.04. The Morgan fingerprint density at radius 1 is 1.32 bits per heavy atom. The van der Waals surface area contributed by atoms with Crippen LogP contribution in [-0.4, -0.2) is 10.9 Å². The topological polar surface area (TPSA) is 55.1 Å². The van der Waals surface area contributed by atoms with Gasteiger partial charge in [0.15, 0.2) is 0 Å². The Bertz CT molecular complexity index is 762. The van der Waals surface area contributed by atoms with Crippen LogP contribution in [0.5, 0.6) is 0 Å². The second-order valence-corrected chi connectivity index (χ2v) is 5.57. The summed E-state index contributed by atoms with van der Waals surface area (Å²) in [7, 11) is 0. The first-order valence-electron chi connectivity index (χ1n) is 6.78. The maximum atomic E-state index is 11.8. The molecule has 110 valence electrons. The highest BCUT2D eigenvalue weighted by atomic mass is 32.1. The van der Waals surface area contributed by atoms with Gasteiger partial charge in [0.05, 0.1) is 6.26 Å². The molecular weight excluding hydrogens is 296 g/mol. The number of aromatic nitrogens is 1. The zero-order valence-corrected chi connectivity index (χ0v) is 12.5. The molecule has 0 aromatic carbocycles. The molecule has 0 spiro atoms. The number of hydrogen-bond acceptors (Lipinski definition) is 4. The van der Waals surface area contributed by atoms with E-state index in [0.29, 0.717) is 12.3 Å². The Kier molecular flexibility index (Phi) is 4.46. The smallest absolute Gasteiger partial charge is 0.244 e. The van der Waals surface area contributed by atoms with Crippen molar-refractivity contribution in [3.63, 3.8) is 0 Å². The summed E-state index contributed by atoms with van der Waals surface area (Å²) in [5.74, 6) is 0.481. The molecule has 3 aromatic heterocycles. The Morgan fingerprint density at radius 3 is 3.05 bits per heavy atom. The van der Waals surface area contributed by atoms with Gasteiger partial charge in [0, 0.05) is 35.5 Å². The third-order valence-electron chi connectivity index (χ3n) is 3.01. The first-order valence-corrected chi connectivity index (χ1v) is 7.66. The Hall–Kier alpha value is -2.66. The predicted octanol–water partition coefficient (Wildman–Crippen LogP) is 3.73. The molecule has 1 N–H and O–H groups in total. The highest BCUT2D eigenvalue weighted by Crippen LogP contribution is 2.24. The molecular formula is C17H14N2O2S. The van der Waals surface area contributed by atoms with Crippen LogP contribution in [0, 0.1) is 0 Å². The van der Waals surface area contributed by atoms with E-state index in [0.717, 1.165) is 11.1 Å². The van der Waals surface area contributed by atoms with Gasteiger partial charge in [-0.1, -0.05) is 6.07 Å². The molecule has 0 bridgehead atoms. The second kappa shape index (κ2) is 6.87. The van der Waals surface area contributed by atoms with Crippen molar-refractivity contribution in [1.29, 1.82) is 0 Å². The van der Waals surface area contributed by atoms with Crippen LogP contribution in [-0.2, 0) is 11.3 Å². The highest BCUT2D eigenvalue weighted by Gasteiger charge is 2.02. The molecule has 5 heteroatoms. The lowest BCUT2D eigenvalue weighted by molar-refractivity contribution is -0.116. The van der Waals surface area contributed by atoms with Gasteiger partial charge in [-0.2, -0.15) is 0 Å². The van der Waals surface area contributed by atoms with Crippen molar-refractivity contribution in [2.45, 2.75) is 6.54 Å². The molecule has 0 saturated carbocycles. The predicted molar refractivity (Wildman–Crippen MR) is 87.1 cm³/mol. The SMILES string of the molecule is O=C(/C=C/c1ccco1)NCc1cncc(-c2cccs2)c1. The molecule has 0 aliphatic heterocycles. The van der Waals surface area contributed by atoms with Crippen molar-refractivity contribution < 1.29 is 9.21 Å². The molecule has 0 radical (unpaired) electrons. The number of amides is 1. The molecule has 0 atom stereocenters. The van der Waals surface area contributed by atoms with E-state index in [1.54, 1.807) is 42.0 Å². The van der Waals surface area contributed by atoms with Crippen LogP contribution in [0.3, 0.4) is 0 Å². The van der Waals surface area contributed by atoms with Crippen molar-refractivity contribution in [2.24, 2.45) is 0 Å². The standard InChI is InChI=1S/C17H14N2O2S/c20-17(6-5-15-3-1-7-21-15)19-11-13-9-14(12-18-10-13)16-4-2-8-22-16/h1-10,12H,11H2,(H,19,20)/b6-5+. The molecule has 3 rings (SSSR count).